The summed E-state index contributed by atoms with van der Waals surface area (Å²) in [6.45, 7) is 1.55. The van der Waals surface area contributed by atoms with Crippen molar-refractivity contribution in [3.8, 4) is 0 Å². The fraction of sp³-hybridized carbons (Fsp3) is 0.348. The van der Waals surface area contributed by atoms with Gasteiger partial charge in [0.15, 0.2) is 0 Å². The first-order chi connectivity index (χ1) is 13.7. The van der Waals surface area contributed by atoms with Gasteiger partial charge < -0.3 is 10.4 Å². The number of hydrogen-bond acceptors (Lipinski definition) is 4. The molecule has 0 spiro atoms. The average molecular weight is 379 g/mol. The number of fused-ring (bicyclic) bond motifs is 1. The Morgan fingerprint density at radius 3 is 2.79 bits per heavy atom. The highest BCUT2D eigenvalue weighted by molar-refractivity contribution is 5.81. The van der Waals surface area contributed by atoms with Crippen LogP contribution in [0.5, 0.6) is 0 Å². The Morgan fingerprint density at radius 1 is 1.14 bits per heavy atom. The molecule has 1 aromatic heterocycles. The number of aromatic nitrogens is 1. The van der Waals surface area contributed by atoms with Crippen LogP contribution in [-0.4, -0.2) is 41.2 Å². The first-order valence-corrected chi connectivity index (χ1v) is 9.79. The van der Waals surface area contributed by atoms with E-state index in [1.165, 1.54) is 6.07 Å². The van der Waals surface area contributed by atoms with E-state index in [9.17, 15) is 9.50 Å². The van der Waals surface area contributed by atoms with Crippen LogP contribution in [0.4, 0.5) is 4.39 Å². The fourth-order valence-electron chi connectivity index (χ4n) is 4.49. The minimum atomic E-state index is -0.179. The van der Waals surface area contributed by atoms with E-state index in [2.05, 4.69) is 33.4 Å². The Hall–Kier alpha value is -2.34. The van der Waals surface area contributed by atoms with Gasteiger partial charge in [0.05, 0.1) is 12.1 Å². The van der Waals surface area contributed by atoms with Crippen LogP contribution in [0.15, 0.2) is 60.8 Å². The van der Waals surface area contributed by atoms with Crippen molar-refractivity contribution in [2.45, 2.75) is 25.0 Å². The standard InChI is InChI=1S/C23H26FN3O/c1-27-19(15-28)12-18(23(27)20-9-2-3-10-21(20)24)14-25-13-17-7-4-6-16-8-5-11-26-22(16)17/h2-11,18-19,23,25,28H,12-15H2,1H3/t18-,19+,23-/m0/s1. The van der Waals surface area contributed by atoms with Gasteiger partial charge >= 0.3 is 0 Å². The molecule has 0 bridgehead atoms. The van der Waals surface area contributed by atoms with Crippen molar-refractivity contribution in [2.24, 2.45) is 5.92 Å². The van der Waals surface area contributed by atoms with E-state index in [4.69, 9.17) is 0 Å². The minimum Gasteiger partial charge on any atom is -0.395 e. The number of hydrogen-bond donors (Lipinski definition) is 2. The maximum absolute atomic E-state index is 14.5. The third-order valence-electron chi connectivity index (χ3n) is 5.91. The van der Waals surface area contributed by atoms with Crippen LogP contribution < -0.4 is 5.32 Å². The van der Waals surface area contributed by atoms with Crippen molar-refractivity contribution in [3.05, 3.63) is 77.7 Å². The lowest BCUT2D eigenvalue weighted by atomic mass is 9.92. The molecular weight excluding hydrogens is 353 g/mol. The molecule has 2 aromatic carbocycles. The molecule has 146 valence electrons. The highest BCUT2D eigenvalue weighted by Gasteiger charge is 2.40. The summed E-state index contributed by atoms with van der Waals surface area (Å²) in [5, 5.41) is 14.4. The van der Waals surface area contributed by atoms with Gasteiger partial charge in [0.25, 0.3) is 0 Å². The van der Waals surface area contributed by atoms with Crippen molar-refractivity contribution in [1.82, 2.24) is 15.2 Å². The van der Waals surface area contributed by atoms with Gasteiger partial charge in [-0.1, -0.05) is 42.5 Å². The summed E-state index contributed by atoms with van der Waals surface area (Å²) in [7, 11) is 1.98. The number of rotatable bonds is 6. The number of likely N-dealkylation sites (tertiary alicyclic amines) is 1. The molecule has 4 nitrogen and oxygen atoms in total. The number of benzene rings is 2. The van der Waals surface area contributed by atoms with E-state index in [1.54, 1.807) is 6.07 Å². The second kappa shape index (κ2) is 8.35. The van der Waals surface area contributed by atoms with Crippen LogP contribution in [0, 0.1) is 11.7 Å². The number of nitrogens with one attached hydrogen (secondary N) is 1. The van der Waals surface area contributed by atoms with Crippen LogP contribution in [0.3, 0.4) is 0 Å². The third kappa shape index (κ3) is 3.65. The molecular formula is C23H26FN3O. The molecule has 0 unspecified atom stereocenters. The van der Waals surface area contributed by atoms with Gasteiger partial charge in [-0.25, -0.2) is 4.39 Å². The van der Waals surface area contributed by atoms with Crippen molar-refractivity contribution >= 4 is 10.9 Å². The Kier molecular flexibility index (Phi) is 5.67. The highest BCUT2D eigenvalue weighted by atomic mass is 19.1. The summed E-state index contributed by atoms with van der Waals surface area (Å²) in [6, 6.07) is 17.2. The molecule has 28 heavy (non-hydrogen) atoms. The zero-order chi connectivity index (χ0) is 19.5. The number of nitrogens with zero attached hydrogens (tertiary/aromatic N) is 2. The summed E-state index contributed by atoms with van der Waals surface area (Å²) in [6.07, 6.45) is 2.66. The third-order valence-corrected chi connectivity index (χ3v) is 5.91. The monoisotopic (exact) mass is 379 g/mol. The van der Waals surface area contributed by atoms with Gasteiger partial charge in [0, 0.05) is 42.3 Å². The van der Waals surface area contributed by atoms with Gasteiger partial charge in [0.1, 0.15) is 5.82 Å². The quantitative estimate of drug-likeness (QED) is 0.688. The van der Waals surface area contributed by atoms with E-state index in [0.717, 1.165) is 29.4 Å². The molecule has 0 saturated carbocycles. The summed E-state index contributed by atoms with van der Waals surface area (Å²) >= 11 is 0. The van der Waals surface area contributed by atoms with Gasteiger partial charge in [-0.2, -0.15) is 0 Å². The number of halogens is 1. The molecule has 1 fully saturated rings. The van der Waals surface area contributed by atoms with Crippen molar-refractivity contribution in [1.29, 1.82) is 0 Å². The summed E-state index contributed by atoms with van der Waals surface area (Å²) in [5.74, 6) is 0.0446. The van der Waals surface area contributed by atoms with Gasteiger partial charge in [0.2, 0.25) is 0 Å². The Bertz CT molecular complexity index is 943. The first-order valence-electron chi connectivity index (χ1n) is 9.79. The molecule has 5 heteroatoms. The number of para-hydroxylation sites is 1. The Balaban J connectivity index is 1.50. The van der Waals surface area contributed by atoms with Crippen LogP contribution in [0.25, 0.3) is 10.9 Å². The predicted molar refractivity (Wildman–Crippen MR) is 109 cm³/mol. The molecule has 3 aromatic rings. The number of likely N-dealkylation sites (N-methyl/N-ethyl adjacent to an activating group) is 1. The second-order valence-electron chi connectivity index (χ2n) is 7.59. The molecule has 0 amide bonds. The number of aliphatic hydroxyl groups is 1. The molecule has 2 N–H and O–H groups in total. The fourth-order valence-corrected chi connectivity index (χ4v) is 4.49. The lowest BCUT2D eigenvalue weighted by Crippen LogP contribution is -2.32. The second-order valence-corrected chi connectivity index (χ2v) is 7.59. The van der Waals surface area contributed by atoms with Crippen molar-refractivity contribution in [2.75, 3.05) is 20.2 Å². The van der Waals surface area contributed by atoms with Gasteiger partial charge in [-0.3, -0.25) is 9.88 Å². The lowest BCUT2D eigenvalue weighted by molar-refractivity contribution is 0.151. The van der Waals surface area contributed by atoms with Crippen molar-refractivity contribution < 1.29 is 9.50 Å². The minimum absolute atomic E-state index is 0.0449. The molecule has 0 aliphatic carbocycles. The van der Waals surface area contributed by atoms with E-state index < -0.39 is 0 Å². The zero-order valence-electron chi connectivity index (χ0n) is 16.1. The SMILES string of the molecule is CN1[C@@H](CO)C[C@@H](CNCc2cccc3cccnc23)[C@H]1c1ccccc1F. The van der Waals surface area contributed by atoms with Crippen LogP contribution >= 0.6 is 0 Å². The summed E-state index contributed by atoms with van der Waals surface area (Å²) in [4.78, 5) is 6.63. The molecule has 0 radical (unpaired) electrons. The van der Waals surface area contributed by atoms with E-state index in [0.29, 0.717) is 12.1 Å². The molecule has 3 atom stereocenters. The van der Waals surface area contributed by atoms with Crippen LogP contribution in [0.2, 0.25) is 0 Å². The maximum Gasteiger partial charge on any atom is 0.127 e. The smallest absolute Gasteiger partial charge is 0.127 e. The molecule has 4 rings (SSSR count). The molecule has 1 saturated heterocycles. The van der Waals surface area contributed by atoms with E-state index >= 15 is 0 Å². The normalized spacial score (nSPS) is 22.8. The summed E-state index contributed by atoms with van der Waals surface area (Å²) in [5.41, 5.74) is 2.88. The number of aliphatic hydroxyl groups excluding tert-OH is 1. The van der Waals surface area contributed by atoms with Crippen LogP contribution in [0.1, 0.15) is 23.6 Å². The van der Waals surface area contributed by atoms with E-state index in [1.807, 2.05) is 37.5 Å². The molecule has 1 aliphatic heterocycles. The van der Waals surface area contributed by atoms with Gasteiger partial charge in [-0.15, -0.1) is 0 Å². The largest absolute Gasteiger partial charge is 0.395 e. The van der Waals surface area contributed by atoms with E-state index in [-0.39, 0.29) is 30.4 Å². The van der Waals surface area contributed by atoms with Crippen molar-refractivity contribution in [3.63, 3.8) is 0 Å². The first kappa shape index (κ1) is 19.0. The van der Waals surface area contributed by atoms with Crippen LogP contribution in [-0.2, 0) is 6.54 Å². The predicted octanol–water partition coefficient (Wildman–Crippen LogP) is 3.52. The maximum atomic E-state index is 14.5. The highest BCUT2D eigenvalue weighted by Crippen LogP contribution is 2.40. The lowest BCUT2D eigenvalue weighted by Gasteiger charge is -2.28. The average Bonchev–Trinajstić information content (AvgIpc) is 3.04. The molecule has 2 heterocycles. The zero-order valence-corrected chi connectivity index (χ0v) is 16.1. The Labute approximate surface area is 165 Å². The topological polar surface area (TPSA) is 48.4 Å². The number of pyridine rings is 1. The molecule has 1 aliphatic rings. The summed E-state index contributed by atoms with van der Waals surface area (Å²) < 4.78 is 14.5. The Morgan fingerprint density at radius 2 is 1.96 bits per heavy atom. The van der Waals surface area contributed by atoms with Gasteiger partial charge in [-0.05, 0) is 37.1 Å².